The van der Waals surface area contributed by atoms with E-state index in [0.717, 1.165) is 32.2 Å². The van der Waals surface area contributed by atoms with E-state index in [2.05, 4.69) is 4.98 Å². The lowest BCUT2D eigenvalue weighted by Gasteiger charge is -2.33. The van der Waals surface area contributed by atoms with Gasteiger partial charge in [0, 0.05) is 37.9 Å². The average molecular weight is 307 g/mol. The van der Waals surface area contributed by atoms with Gasteiger partial charge in [-0.1, -0.05) is 13.3 Å². The Morgan fingerprint density at radius 2 is 2.23 bits per heavy atom. The molecule has 22 heavy (non-hydrogen) atoms. The lowest BCUT2D eigenvalue weighted by Crippen LogP contribution is -2.43. The number of aromatic nitrogens is 2. The van der Waals surface area contributed by atoms with Gasteiger partial charge in [-0.2, -0.15) is 0 Å². The summed E-state index contributed by atoms with van der Waals surface area (Å²) in [4.78, 5) is 30.0. The molecule has 122 valence electrons. The van der Waals surface area contributed by atoms with E-state index >= 15 is 0 Å². The highest BCUT2D eigenvalue weighted by molar-refractivity contribution is 5.80. The zero-order valence-corrected chi connectivity index (χ0v) is 13.4. The molecule has 6 nitrogen and oxygen atoms in total. The summed E-state index contributed by atoms with van der Waals surface area (Å²) < 4.78 is 6.76. The number of amides is 1. The molecule has 1 aromatic rings. The van der Waals surface area contributed by atoms with Crippen molar-refractivity contribution in [2.24, 2.45) is 11.8 Å². The fourth-order valence-corrected chi connectivity index (χ4v) is 2.67. The Hall–Kier alpha value is -1.85. The molecule has 1 heterocycles. The van der Waals surface area contributed by atoms with Crippen molar-refractivity contribution < 1.29 is 14.3 Å². The van der Waals surface area contributed by atoms with Crippen LogP contribution in [0, 0.1) is 11.8 Å². The number of rotatable bonds is 8. The van der Waals surface area contributed by atoms with Gasteiger partial charge in [-0.25, -0.2) is 4.98 Å². The number of carbonyl (C=O) groups is 2. The van der Waals surface area contributed by atoms with Crippen LogP contribution in [0.25, 0.3) is 0 Å². The molecule has 0 aromatic carbocycles. The highest BCUT2D eigenvalue weighted by Gasteiger charge is 2.30. The first-order valence-electron chi connectivity index (χ1n) is 7.94. The fraction of sp³-hybridized carbons (Fsp3) is 0.688. The van der Waals surface area contributed by atoms with Gasteiger partial charge in [-0.15, -0.1) is 0 Å². The molecular formula is C16H25N3O3. The van der Waals surface area contributed by atoms with Gasteiger partial charge in [0.05, 0.1) is 19.4 Å². The molecular weight excluding hydrogens is 282 g/mol. The Balaban J connectivity index is 1.88. The molecule has 0 N–H and O–H groups in total. The monoisotopic (exact) mass is 307 g/mol. The van der Waals surface area contributed by atoms with Crippen molar-refractivity contribution in [2.45, 2.75) is 39.2 Å². The number of nitrogens with zero attached hydrogens (tertiary/aromatic N) is 3. The molecule has 0 aliphatic heterocycles. The van der Waals surface area contributed by atoms with E-state index < -0.39 is 0 Å². The van der Waals surface area contributed by atoms with Crippen LogP contribution < -0.4 is 0 Å². The van der Waals surface area contributed by atoms with Gasteiger partial charge in [0.1, 0.15) is 0 Å². The summed E-state index contributed by atoms with van der Waals surface area (Å²) in [6.07, 6.45) is 9.36. The molecule has 1 aliphatic carbocycles. The smallest absolute Gasteiger partial charge is 0.310 e. The molecule has 0 saturated heterocycles. The van der Waals surface area contributed by atoms with Gasteiger partial charge in [0.2, 0.25) is 5.91 Å². The van der Waals surface area contributed by atoms with Gasteiger partial charge >= 0.3 is 5.97 Å². The zero-order valence-electron chi connectivity index (χ0n) is 13.4. The SMILES string of the molecule is COC(=O)C(C)CN(CCCn1ccnc1)C(=O)C1CCC1. The van der Waals surface area contributed by atoms with Crippen LogP contribution in [0.5, 0.6) is 0 Å². The topological polar surface area (TPSA) is 64.4 Å². The predicted molar refractivity (Wildman–Crippen MR) is 81.9 cm³/mol. The summed E-state index contributed by atoms with van der Waals surface area (Å²) in [7, 11) is 1.38. The molecule has 0 radical (unpaired) electrons. The third kappa shape index (κ3) is 4.32. The highest BCUT2D eigenvalue weighted by atomic mass is 16.5. The van der Waals surface area contributed by atoms with Crippen molar-refractivity contribution in [3.63, 3.8) is 0 Å². The minimum Gasteiger partial charge on any atom is -0.469 e. The molecule has 1 atom stereocenters. The van der Waals surface area contributed by atoms with E-state index in [0.29, 0.717) is 13.1 Å². The number of ether oxygens (including phenoxy) is 1. The summed E-state index contributed by atoms with van der Waals surface area (Å²) in [5, 5.41) is 0. The number of hydrogen-bond donors (Lipinski definition) is 0. The van der Waals surface area contributed by atoms with E-state index in [-0.39, 0.29) is 23.7 Å². The lowest BCUT2D eigenvalue weighted by atomic mass is 9.84. The summed E-state index contributed by atoms with van der Waals surface area (Å²) in [5.41, 5.74) is 0. The summed E-state index contributed by atoms with van der Waals surface area (Å²) in [6, 6.07) is 0. The third-order valence-corrected chi connectivity index (χ3v) is 4.27. The zero-order chi connectivity index (χ0) is 15.9. The van der Waals surface area contributed by atoms with Crippen molar-refractivity contribution in [3.05, 3.63) is 18.7 Å². The molecule has 2 rings (SSSR count). The van der Waals surface area contributed by atoms with Crippen molar-refractivity contribution >= 4 is 11.9 Å². The number of carbonyl (C=O) groups excluding carboxylic acids is 2. The largest absolute Gasteiger partial charge is 0.469 e. The number of aryl methyl sites for hydroxylation is 1. The van der Waals surface area contributed by atoms with Crippen LogP contribution in [-0.2, 0) is 20.9 Å². The molecule has 0 spiro atoms. The van der Waals surface area contributed by atoms with Crippen molar-refractivity contribution in [1.82, 2.24) is 14.5 Å². The Bertz CT molecular complexity index is 483. The molecule has 1 fully saturated rings. The maximum absolute atomic E-state index is 12.5. The van der Waals surface area contributed by atoms with Gasteiger partial charge in [-0.3, -0.25) is 9.59 Å². The van der Waals surface area contributed by atoms with Gasteiger partial charge in [0.25, 0.3) is 0 Å². The number of imidazole rings is 1. The van der Waals surface area contributed by atoms with E-state index in [1.807, 2.05) is 22.6 Å². The highest BCUT2D eigenvalue weighted by Crippen LogP contribution is 2.28. The quantitative estimate of drug-likeness (QED) is 0.686. The Labute approximate surface area is 131 Å². The van der Waals surface area contributed by atoms with E-state index in [1.54, 1.807) is 12.5 Å². The summed E-state index contributed by atoms with van der Waals surface area (Å²) >= 11 is 0. The van der Waals surface area contributed by atoms with Crippen LogP contribution in [0.15, 0.2) is 18.7 Å². The van der Waals surface area contributed by atoms with Crippen molar-refractivity contribution in [1.29, 1.82) is 0 Å². The summed E-state index contributed by atoms with van der Waals surface area (Å²) in [6.45, 7) is 3.73. The Kier molecular flexibility index (Phi) is 5.98. The predicted octanol–water partition coefficient (Wildman–Crippen LogP) is 1.71. The standard InChI is InChI=1S/C16H25N3O3/c1-13(16(21)22-2)11-19(15(20)14-5-3-6-14)9-4-8-18-10-7-17-12-18/h7,10,12-14H,3-6,8-9,11H2,1-2H3. The number of methoxy groups -OCH3 is 1. The minimum atomic E-state index is -0.290. The van der Waals surface area contributed by atoms with Crippen LogP contribution in [0.4, 0.5) is 0 Å². The van der Waals surface area contributed by atoms with E-state index in [9.17, 15) is 9.59 Å². The molecule has 1 aromatic heterocycles. The molecule has 1 amide bonds. The van der Waals surface area contributed by atoms with E-state index in [4.69, 9.17) is 4.74 Å². The van der Waals surface area contributed by atoms with Crippen molar-refractivity contribution in [2.75, 3.05) is 20.2 Å². The van der Waals surface area contributed by atoms with Crippen LogP contribution in [0.1, 0.15) is 32.6 Å². The minimum absolute atomic E-state index is 0.151. The number of hydrogen-bond acceptors (Lipinski definition) is 4. The molecule has 1 unspecified atom stereocenters. The van der Waals surface area contributed by atoms with Crippen LogP contribution >= 0.6 is 0 Å². The van der Waals surface area contributed by atoms with Crippen molar-refractivity contribution in [3.8, 4) is 0 Å². The second-order valence-corrected chi connectivity index (χ2v) is 5.99. The van der Waals surface area contributed by atoms with Crippen LogP contribution in [0.2, 0.25) is 0 Å². The normalized spacial score (nSPS) is 15.9. The van der Waals surface area contributed by atoms with E-state index in [1.165, 1.54) is 7.11 Å². The fourth-order valence-electron chi connectivity index (χ4n) is 2.67. The first-order valence-corrected chi connectivity index (χ1v) is 7.94. The van der Waals surface area contributed by atoms with Crippen LogP contribution in [-0.4, -0.2) is 46.5 Å². The average Bonchev–Trinajstić information content (AvgIpc) is 2.96. The second-order valence-electron chi connectivity index (χ2n) is 5.99. The molecule has 6 heteroatoms. The van der Waals surface area contributed by atoms with Gasteiger partial charge in [0.15, 0.2) is 0 Å². The van der Waals surface area contributed by atoms with Crippen LogP contribution in [0.3, 0.4) is 0 Å². The first-order chi connectivity index (χ1) is 10.6. The summed E-state index contributed by atoms with van der Waals surface area (Å²) in [5.74, 6) is -0.214. The third-order valence-electron chi connectivity index (χ3n) is 4.27. The second kappa shape index (κ2) is 7.96. The lowest BCUT2D eigenvalue weighted by molar-refractivity contribution is -0.147. The Morgan fingerprint density at radius 1 is 1.45 bits per heavy atom. The van der Waals surface area contributed by atoms with Gasteiger partial charge in [-0.05, 0) is 19.3 Å². The van der Waals surface area contributed by atoms with Gasteiger partial charge < -0.3 is 14.2 Å². The maximum atomic E-state index is 12.5. The maximum Gasteiger partial charge on any atom is 0.310 e. The molecule has 0 bridgehead atoms. The first kappa shape index (κ1) is 16.5. The molecule has 1 aliphatic rings. The number of esters is 1. The Morgan fingerprint density at radius 3 is 2.77 bits per heavy atom. The molecule has 1 saturated carbocycles.